The lowest BCUT2D eigenvalue weighted by Crippen LogP contribution is -2.23. The summed E-state index contributed by atoms with van der Waals surface area (Å²) in [6.45, 7) is 0. The molecule has 2 aromatic carbocycles. The molecular formula is C17H14ClNO2. The second-order valence-corrected chi connectivity index (χ2v) is 5.01. The first-order valence-electron chi connectivity index (χ1n) is 6.45. The van der Waals surface area contributed by atoms with Gasteiger partial charge < -0.3 is 4.74 Å². The first kappa shape index (κ1) is 15.1. The number of nitriles is 1. The second kappa shape index (κ2) is 6.92. The molecule has 0 bridgehead atoms. The Bertz CT molecular complexity index is 647. The summed E-state index contributed by atoms with van der Waals surface area (Å²) in [6, 6.07) is 18.6. The lowest BCUT2D eigenvalue weighted by Gasteiger charge is -2.21. The predicted octanol–water partition coefficient (Wildman–Crippen LogP) is 3.78. The monoisotopic (exact) mass is 299 g/mol. The number of ether oxygens (including phenoxy) is 1. The van der Waals surface area contributed by atoms with Crippen molar-refractivity contribution in [3.63, 3.8) is 0 Å². The van der Waals surface area contributed by atoms with Crippen LogP contribution in [0.5, 0.6) is 0 Å². The van der Waals surface area contributed by atoms with Crippen LogP contribution in [-0.2, 0) is 9.53 Å². The maximum atomic E-state index is 11.9. The van der Waals surface area contributed by atoms with Crippen LogP contribution in [-0.4, -0.2) is 13.1 Å². The van der Waals surface area contributed by atoms with E-state index < -0.39 is 11.9 Å². The lowest BCUT2D eigenvalue weighted by atomic mass is 9.81. The van der Waals surface area contributed by atoms with Crippen LogP contribution in [0.1, 0.15) is 17.0 Å². The smallest absolute Gasteiger partial charge is 0.324 e. The van der Waals surface area contributed by atoms with Gasteiger partial charge in [-0.25, -0.2) is 0 Å². The minimum Gasteiger partial charge on any atom is -0.468 e. The number of halogens is 1. The van der Waals surface area contributed by atoms with Crippen molar-refractivity contribution in [2.24, 2.45) is 5.92 Å². The molecule has 0 heterocycles. The number of benzene rings is 2. The molecule has 106 valence electrons. The molecule has 0 aliphatic heterocycles. The molecule has 0 fully saturated rings. The molecule has 3 nitrogen and oxygen atoms in total. The van der Waals surface area contributed by atoms with Crippen molar-refractivity contribution in [1.82, 2.24) is 0 Å². The maximum Gasteiger partial charge on any atom is 0.324 e. The zero-order chi connectivity index (χ0) is 15.2. The van der Waals surface area contributed by atoms with Gasteiger partial charge in [0.1, 0.15) is 0 Å². The molecule has 21 heavy (non-hydrogen) atoms. The Morgan fingerprint density at radius 2 is 1.67 bits per heavy atom. The lowest BCUT2D eigenvalue weighted by molar-refractivity contribution is -0.143. The van der Waals surface area contributed by atoms with E-state index in [2.05, 4.69) is 6.07 Å². The van der Waals surface area contributed by atoms with Gasteiger partial charge in [0.2, 0.25) is 0 Å². The Morgan fingerprint density at radius 3 is 2.19 bits per heavy atom. The Hall–Kier alpha value is -2.31. The van der Waals surface area contributed by atoms with E-state index in [0.29, 0.717) is 5.02 Å². The van der Waals surface area contributed by atoms with Gasteiger partial charge in [-0.1, -0.05) is 54.1 Å². The third-order valence-electron chi connectivity index (χ3n) is 3.32. The van der Waals surface area contributed by atoms with Crippen LogP contribution >= 0.6 is 11.6 Å². The van der Waals surface area contributed by atoms with Gasteiger partial charge in [-0.3, -0.25) is 4.79 Å². The number of esters is 1. The van der Waals surface area contributed by atoms with E-state index in [4.69, 9.17) is 16.3 Å². The van der Waals surface area contributed by atoms with Gasteiger partial charge in [-0.15, -0.1) is 0 Å². The molecule has 0 amide bonds. The van der Waals surface area contributed by atoms with Gasteiger partial charge in [0.15, 0.2) is 5.92 Å². The van der Waals surface area contributed by atoms with Crippen LogP contribution in [0.4, 0.5) is 0 Å². The van der Waals surface area contributed by atoms with Crippen LogP contribution in [0.15, 0.2) is 54.6 Å². The topological polar surface area (TPSA) is 50.1 Å². The van der Waals surface area contributed by atoms with Crippen LogP contribution < -0.4 is 0 Å². The van der Waals surface area contributed by atoms with Gasteiger partial charge in [0.25, 0.3) is 0 Å². The van der Waals surface area contributed by atoms with Crippen molar-refractivity contribution in [3.05, 3.63) is 70.7 Å². The van der Waals surface area contributed by atoms with Crippen LogP contribution in [0.25, 0.3) is 0 Å². The molecule has 1 unspecified atom stereocenters. The highest BCUT2D eigenvalue weighted by molar-refractivity contribution is 6.30. The largest absolute Gasteiger partial charge is 0.468 e. The maximum absolute atomic E-state index is 11.9. The van der Waals surface area contributed by atoms with E-state index in [9.17, 15) is 10.1 Å². The van der Waals surface area contributed by atoms with Crippen molar-refractivity contribution in [2.45, 2.75) is 5.92 Å². The number of methoxy groups -OCH3 is 1. The summed E-state index contributed by atoms with van der Waals surface area (Å²) in [6.07, 6.45) is 0. The summed E-state index contributed by atoms with van der Waals surface area (Å²) in [7, 11) is 1.29. The van der Waals surface area contributed by atoms with Crippen molar-refractivity contribution in [1.29, 1.82) is 5.26 Å². The highest BCUT2D eigenvalue weighted by atomic mass is 35.5. The second-order valence-electron chi connectivity index (χ2n) is 4.57. The molecule has 0 aliphatic carbocycles. The molecule has 4 heteroatoms. The first-order chi connectivity index (χ1) is 10.2. The molecule has 0 N–H and O–H groups in total. The van der Waals surface area contributed by atoms with Crippen molar-refractivity contribution in [2.75, 3.05) is 7.11 Å². The molecule has 2 rings (SSSR count). The number of carbonyl (C=O) groups is 1. The van der Waals surface area contributed by atoms with E-state index in [-0.39, 0.29) is 5.92 Å². The molecule has 2 atom stereocenters. The number of nitrogens with zero attached hydrogens (tertiary/aromatic N) is 1. The van der Waals surface area contributed by atoms with E-state index in [0.717, 1.165) is 11.1 Å². The number of hydrogen-bond acceptors (Lipinski definition) is 3. The number of carbonyl (C=O) groups excluding carboxylic acids is 1. The fourth-order valence-corrected chi connectivity index (χ4v) is 2.42. The summed E-state index contributed by atoms with van der Waals surface area (Å²) in [5, 5.41) is 10.0. The quantitative estimate of drug-likeness (QED) is 0.807. The predicted molar refractivity (Wildman–Crippen MR) is 80.9 cm³/mol. The minimum absolute atomic E-state index is 0.388. The average Bonchev–Trinajstić information content (AvgIpc) is 2.54. The highest BCUT2D eigenvalue weighted by Gasteiger charge is 2.31. The van der Waals surface area contributed by atoms with Gasteiger partial charge in [-0.05, 0) is 23.3 Å². The van der Waals surface area contributed by atoms with E-state index in [1.807, 2.05) is 42.5 Å². The molecule has 0 saturated carbocycles. The molecule has 0 saturated heterocycles. The molecule has 0 radical (unpaired) electrons. The first-order valence-corrected chi connectivity index (χ1v) is 6.83. The standard InChI is InChI=1S/C17H14ClNO2/c1-21-17(20)15(11-19)16(12-5-3-2-4-6-12)13-7-9-14(18)10-8-13/h2-10,15-16H,1H3/t15?,16-/m0/s1. The number of hydrogen-bond donors (Lipinski definition) is 0. The Kier molecular flexibility index (Phi) is 4.97. The SMILES string of the molecule is COC(=O)C(C#N)[C@@H](c1ccccc1)c1ccc(Cl)cc1. The summed E-state index contributed by atoms with van der Waals surface area (Å²) >= 11 is 5.91. The van der Waals surface area contributed by atoms with E-state index >= 15 is 0 Å². The molecule has 0 aromatic heterocycles. The van der Waals surface area contributed by atoms with Gasteiger partial charge in [0, 0.05) is 10.9 Å². The fourth-order valence-electron chi connectivity index (χ4n) is 2.30. The Labute approximate surface area is 128 Å². The third kappa shape index (κ3) is 3.42. The normalized spacial score (nSPS) is 13.0. The zero-order valence-electron chi connectivity index (χ0n) is 11.5. The van der Waals surface area contributed by atoms with Crippen LogP contribution in [0.2, 0.25) is 5.02 Å². The summed E-state index contributed by atoms with van der Waals surface area (Å²) in [4.78, 5) is 11.9. The molecular weight excluding hydrogens is 286 g/mol. The Balaban J connectivity index is 2.52. The Morgan fingerprint density at radius 1 is 1.10 bits per heavy atom. The summed E-state index contributed by atoms with van der Waals surface area (Å²) < 4.78 is 4.76. The minimum atomic E-state index is -0.904. The third-order valence-corrected chi connectivity index (χ3v) is 3.57. The average molecular weight is 300 g/mol. The summed E-state index contributed by atoms with van der Waals surface area (Å²) in [5.41, 5.74) is 1.74. The van der Waals surface area contributed by atoms with Crippen molar-refractivity contribution in [3.8, 4) is 6.07 Å². The van der Waals surface area contributed by atoms with Crippen molar-refractivity contribution < 1.29 is 9.53 Å². The number of rotatable bonds is 4. The van der Waals surface area contributed by atoms with Gasteiger partial charge in [0.05, 0.1) is 13.2 Å². The fraction of sp³-hybridized carbons (Fsp3) is 0.176. The van der Waals surface area contributed by atoms with E-state index in [1.165, 1.54) is 7.11 Å². The van der Waals surface area contributed by atoms with Crippen molar-refractivity contribution >= 4 is 17.6 Å². The summed E-state index contributed by atoms with van der Waals surface area (Å²) in [5.74, 6) is -1.83. The van der Waals surface area contributed by atoms with Gasteiger partial charge in [-0.2, -0.15) is 5.26 Å². The van der Waals surface area contributed by atoms with Gasteiger partial charge >= 0.3 is 5.97 Å². The molecule has 2 aromatic rings. The zero-order valence-corrected chi connectivity index (χ0v) is 12.2. The molecule has 0 aliphatic rings. The molecule has 0 spiro atoms. The van der Waals surface area contributed by atoms with Crippen LogP contribution in [0.3, 0.4) is 0 Å². The van der Waals surface area contributed by atoms with E-state index in [1.54, 1.807) is 12.1 Å². The van der Waals surface area contributed by atoms with Crippen LogP contribution in [0, 0.1) is 17.2 Å². The highest BCUT2D eigenvalue weighted by Crippen LogP contribution is 2.33.